The molecule has 0 fully saturated rings. The van der Waals surface area contributed by atoms with E-state index in [4.69, 9.17) is 0 Å². The predicted octanol–water partition coefficient (Wildman–Crippen LogP) is 4.75. The normalized spacial score (nSPS) is 22.0. The van der Waals surface area contributed by atoms with Crippen molar-refractivity contribution in [3.05, 3.63) is 46.0 Å². The van der Waals surface area contributed by atoms with Crippen molar-refractivity contribution in [1.82, 2.24) is 0 Å². The van der Waals surface area contributed by atoms with Gasteiger partial charge in [-0.15, -0.1) is 0 Å². The lowest BCUT2D eigenvalue weighted by atomic mass is 9.88. The summed E-state index contributed by atoms with van der Waals surface area (Å²) in [4.78, 5) is 0. The maximum Gasteiger partial charge on any atom is 0.0175 e. The zero-order valence-electron chi connectivity index (χ0n) is 9.10. The van der Waals surface area contributed by atoms with Crippen molar-refractivity contribution in [2.45, 2.75) is 27.2 Å². The highest BCUT2D eigenvalue weighted by Crippen LogP contribution is 2.31. The highest BCUT2D eigenvalue weighted by atomic mass is 79.9. The summed E-state index contributed by atoms with van der Waals surface area (Å²) >= 11 is 3.52. The molecular formula is C13H17Br. The fourth-order valence-corrected chi connectivity index (χ4v) is 2.07. The van der Waals surface area contributed by atoms with Gasteiger partial charge in [0.05, 0.1) is 0 Å². The first-order valence-corrected chi connectivity index (χ1v) is 5.79. The zero-order chi connectivity index (χ0) is 10.7. The molecule has 1 atom stereocenters. The smallest absolute Gasteiger partial charge is 0.0175 e. The molecule has 1 heteroatoms. The molecule has 0 spiro atoms. The number of allylic oxidation sites excluding steroid dienone is 7. The fourth-order valence-electron chi connectivity index (χ4n) is 1.58. The van der Waals surface area contributed by atoms with Crippen LogP contribution in [-0.4, -0.2) is 0 Å². The molecule has 0 aliphatic heterocycles. The summed E-state index contributed by atoms with van der Waals surface area (Å²) in [6.07, 6.45) is 7.47. The van der Waals surface area contributed by atoms with E-state index in [-0.39, 0.29) is 0 Å². The van der Waals surface area contributed by atoms with Gasteiger partial charge in [0.2, 0.25) is 0 Å². The van der Waals surface area contributed by atoms with E-state index in [1.165, 1.54) is 16.7 Å². The van der Waals surface area contributed by atoms with Crippen LogP contribution in [0.4, 0.5) is 0 Å². The molecule has 1 rings (SSSR count). The molecule has 0 aromatic heterocycles. The van der Waals surface area contributed by atoms with Crippen LogP contribution in [-0.2, 0) is 0 Å². The molecule has 0 radical (unpaired) electrons. The van der Waals surface area contributed by atoms with Crippen molar-refractivity contribution in [2.75, 3.05) is 0 Å². The minimum Gasteiger partial charge on any atom is -0.0955 e. The molecule has 1 unspecified atom stereocenters. The zero-order valence-corrected chi connectivity index (χ0v) is 10.7. The Morgan fingerprint density at radius 1 is 1.50 bits per heavy atom. The lowest BCUT2D eigenvalue weighted by molar-refractivity contribution is 0.799. The van der Waals surface area contributed by atoms with Crippen LogP contribution in [0.25, 0.3) is 0 Å². The molecule has 0 saturated heterocycles. The van der Waals surface area contributed by atoms with Crippen LogP contribution >= 0.6 is 15.9 Å². The highest BCUT2D eigenvalue weighted by Gasteiger charge is 2.14. The molecule has 0 aromatic carbocycles. The quantitative estimate of drug-likeness (QED) is 0.666. The van der Waals surface area contributed by atoms with Gasteiger partial charge in [-0.3, -0.25) is 0 Å². The molecule has 0 aromatic rings. The number of rotatable bonds is 2. The van der Waals surface area contributed by atoms with Gasteiger partial charge in [0, 0.05) is 10.4 Å². The summed E-state index contributed by atoms with van der Waals surface area (Å²) in [5.74, 6) is 0.480. The Kier molecular flexibility index (Phi) is 3.94. The second-order valence-corrected chi connectivity index (χ2v) is 4.66. The van der Waals surface area contributed by atoms with Gasteiger partial charge in [0.15, 0.2) is 0 Å². The van der Waals surface area contributed by atoms with Gasteiger partial charge in [-0.05, 0) is 31.1 Å². The molecule has 1 aliphatic carbocycles. The summed E-state index contributed by atoms with van der Waals surface area (Å²) in [5, 5.41) is 0. The monoisotopic (exact) mass is 252 g/mol. The van der Waals surface area contributed by atoms with Crippen LogP contribution in [0.1, 0.15) is 27.2 Å². The Bertz CT molecular complexity index is 329. The largest absolute Gasteiger partial charge is 0.0955 e. The van der Waals surface area contributed by atoms with Crippen molar-refractivity contribution < 1.29 is 0 Å². The first kappa shape index (κ1) is 11.5. The summed E-state index contributed by atoms with van der Waals surface area (Å²) in [6.45, 7) is 10.7. The molecule has 0 bridgehead atoms. The number of hydrogen-bond acceptors (Lipinski definition) is 0. The van der Waals surface area contributed by atoms with Crippen molar-refractivity contribution in [3.63, 3.8) is 0 Å². The van der Waals surface area contributed by atoms with Gasteiger partial charge in [-0.2, -0.15) is 0 Å². The van der Waals surface area contributed by atoms with Crippen LogP contribution in [0.5, 0.6) is 0 Å². The summed E-state index contributed by atoms with van der Waals surface area (Å²) in [5.41, 5.74) is 3.98. The van der Waals surface area contributed by atoms with Gasteiger partial charge < -0.3 is 0 Å². The summed E-state index contributed by atoms with van der Waals surface area (Å²) in [7, 11) is 0. The van der Waals surface area contributed by atoms with E-state index in [1.54, 1.807) is 0 Å². The topological polar surface area (TPSA) is 0 Å². The standard InChI is InChI=1S/C13H17Br/c1-5-9(2)13-7-6-12(14)8-10(3)11(13)4/h6-8,11H,2,5H2,1,3-4H3. The molecule has 0 saturated carbocycles. The Hall–Kier alpha value is -0.560. The van der Waals surface area contributed by atoms with Crippen LogP contribution < -0.4 is 0 Å². The number of halogens is 1. The van der Waals surface area contributed by atoms with Crippen LogP contribution in [0.3, 0.4) is 0 Å². The third-order valence-electron chi connectivity index (χ3n) is 2.77. The van der Waals surface area contributed by atoms with E-state index < -0.39 is 0 Å². The molecule has 76 valence electrons. The Balaban J connectivity index is 3.07. The third-order valence-corrected chi connectivity index (χ3v) is 3.27. The van der Waals surface area contributed by atoms with E-state index in [0.717, 1.165) is 10.9 Å². The van der Waals surface area contributed by atoms with Crippen molar-refractivity contribution in [1.29, 1.82) is 0 Å². The van der Waals surface area contributed by atoms with Crippen LogP contribution in [0, 0.1) is 5.92 Å². The van der Waals surface area contributed by atoms with Crippen molar-refractivity contribution in [2.24, 2.45) is 5.92 Å². The van der Waals surface area contributed by atoms with Gasteiger partial charge in [-0.1, -0.05) is 53.6 Å². The van der Waals surface area contributed by atoms with E-state index in [1.807, 2.05) is 0 Å². The van der Waals surface area contributed by atoms with E-state index in [2.05, 4.69) is 61.5 Å². The van der Waals surface area contributed by atoms with Gasteiger partial charge >= 0.3 is 0 Å². The maximum absolute atomic E-state index is 4.11. The minimum atomic E-state index is 0.480. The third kappa shape index (κ3) is 2.48. The molecule has 0 N–H and O–H groups in total. The summed E-state index contributed by atoms with van der Waals surface area (Å²) < 4.78 is 1.14. The van der Waals surface area contributed by atoms with Crippen LogP contribution in [0.15, 0.2) is 46.0 Å². The Morgan fingerprint density at radius 2 is 2.14 bits per heavy atom. The van der Waals surface area contributed by atoms with Gasteiger partial charge in [0.25, 0.3) is 0 Å². The second-order valence-electron chi connectivity index (χ2n) is 3.74. The molecule has 0 amide bonds. The van der Waals surface area contributed by atoms with Gasteiger partial charge in [-0.25, -0.2) is 0 Å². The van der Waals surface area contributed by atoms with Crippen LogP contribution in [0.2, 0.25) is 0 Å². The van der Waals surface area contributed by atoms with Crippen molar-refractivity contribution >= 4 is 15.9 Å². The minimum absolute atomic E-state index is 0.480. The SMILES string of the molecule is C=C(CC)C1=CC=C(Br)C=C(C)C1C. The Labute approximate surface area is 95.2 Å². The van der Waals surface area contributed by atoms with Gasteiger partial charge in [0.1, 0.15) is 0 Å². The first-order chi connectivity index (χ1) is 6.56. The van der Waals surface area contributed by atoms with E-state index >= 15 is 0 Å². The average molecular weight is 253 g/mol. The highest BCUT2D eigenvalue weighted by molar-refractivity contribution is 9.11. The molecular weight excluding hydrogens is 236 g/mol. The van der Waals surface area contributed by atoms with E-state index in [0.29, 0.717) is 5.92 Å². The molecule has 1 aliphatic rings. The fraction of sp³-hybridized carbons (Fsp3) is 0.385. The lowest BCUT2D eigenvalue weighted by Gasteiger charge is -2.17. The van der Waals surface area contributed by atoms with E-state index in [9.17, 15) is 0 Å². The molecule has 14 heavy (non-hydrogen) atoms. The summed E-state index contributed by atoms with van der Waals surface area (Å²) in [6, 6.07) is 0. The maximum atomic E-state index is 4.11. The predicted molar refractivity (Wildman–Crippen MR) is 67.4 cm³/mol. The average Bonchev–Trinajstić information content (AvgIpc) is 2.27. The second kappa shape index (κ2) is 4.79. The lowest BCUT2D eigenvalue weighted by Crippen LogP contribution is -2.02. The number of hydrogen-bond donors (Lipinski definition) is 0. The molecule has 0 nitrogen and oxygen atoms in total. The molecule has 0 heterocycles. The Morgan fingerprint density at radius 3 is 2.71 bits per heavy atom. The van der Waals surface area contributed by atoms with Crippen molar-refractivity contribution in [3.8, 4) is 0 Å². The first-order valence-electron chi connectivity index (χ1n) is 5.00.